The Morgan fingerprint density at radius 3 is 2.32 bits per heavy atom. The van der Waals surface area contributed by atoms with Gasteiger partial charge in [-0.2, -0.15) is 0 Å². The van der Waals surface area contributed by atoms with Crippen molar-refractivity contribution in [2.75, 3.05) is 26.1 Å². The molecule has 9 nitrogen and oxygen atoms in total. The number of rotatable bonds is 3. The molecule has 1 unspecified atom stereocenters. The second-order valence-electron chi connectivity index (χ2n) is 8.83. The second kappa shape index (κ2) is 15.6. The van der Waals surface area contributed by atoms with E-state index in [1.165, 1.54) is 11.3 Å². The number of Topliss-reactive ketones (excluding diaryl/α,β-unsaturated/α-hetero) is 1. The number of hydrogen-bond acceptors (Lipinski definition) is 8. The molecule has 5 aromatic rings. The number of hydrogen-bond donors (Lipinski definition) is 4. The Bertz CT molecular complexity index is 1510. The van der Waals surface area contributed by atoms with E-state index in [1.54, 1.807) is 38.4 Å². The molecule has 2 aromatic carbocycles. The van der Waals surface area contributed by atoms with Crippen molar-refractivity contribution in [2.24, 2.45) is 5.73 Å². The minimum atomic E-state index is -0.864. The van der Waals surface area contributed by atoms with Gasteiger partial charge in [-0.25, -0.2) is 9.78 Å². The predicted octanol–water partition coefficient (Wildman–Crippen LogP) is 6.90. The molecule has 0 aliphatic carbocycles. The van der Waals surface area contributed by atoms with Crippen molar-refractivity contribution >= 4 is 81.6 Å². The van der Waals surface area contributed by atoms with Crippen LogP contribution in [0.2, 0.25) is 0 Å². The monoisotopic (exact) mass is 704 g/mol. The third-order valence-electron chi connectivity index (χ3n) is 5.59. The van der Waals surface area contributed by atoms with Crippen molar-refractivity contribution < 1.29 is 24.2 Å². The molecule has 0 bridgehead atoms. The van der Waals surface area contributed by atoms with E-state index >= 15 is 0 Å². The minimum absolute atomic E-state index is 0.0623. The first-order chi connectivity index (χ1) is 19.5. The number of fused-ring (bicyclic) bond motifs is 2. The van der Waals surface area contributed by atoms with Crippen LogP contribution in [0.15, 0.2) is 75.8 Å². The van der Waals surface area contributed by atoms with Crippen LogP contribution >= 0.6 is 43.2 Å². The van der Waals surface area contributed by atoms with Gasteiger partial charge < -0.3 is 31.0 Å². The zero-order chi connectivity index (χ0) is 29.9. The molecule has 3 aromatic heterocycles. The summed E-state index contributed by atoms with van der Waals surface area (Å²) in [5.41, 5.74) is 13.1. The Balaban J connectivity index is 0.000000156. The molecule has 41 heavy (non-hydrogen) atoms. The third-order valence-corrected chi connectivity index (χ3v) is 7.66. The molecule has 1 saturated heterocycles. The van der Waals surface area contributed by atoms with E-state index in [1.807, 2.05) is 42.5 Å². The van der Waals surface area contributed by atoms with Gasteiger partial charge in [0.1, 0.15) is 4.88 Å². The highest BCUT2D eigenvalue weighted by atomic mass is 79.9. The summed E-state index contributed by atoms with van der Waals surface area (Å²) in [6.07, 6.45) is 2.60. The summed E-state index contributed by atoms with van der Waals surface area (Å²) in [5.74, 6) is -0.214. The highest BCUT2D eigenvalue weighted by Gasteiger charge is 2.09. The number of carbonyl (C=O) groups excluding carboxylic acids is 1. The molecule has 6 rings (SSSR count). The maximum absolute atomic E-state index is 11.1. The van der Waals surface area contributed by atoms with Gasteiger partial charge in [0.2, 0.25) is 5.88 Å². The molecule has 4 heterocycles. The van der Waals surface area contributed by atoms with Crippen molar-refractivity contribution in [1.82, 2.24) is 9.97 Å². The van der Waals surface area contributed by atoms with Gasteiger partial charge in [0.15, 0.2) is 5.78 Å². The number of nitrogens with two attached hydrogens (primary N) is 2. The molecule has 1 fully saturated rings. The summed E-state index contributed by atoms with van der Waals surface area (Å²) >= 11 is 8.00. The fourth-order valence-electron chi connectivity index (χ4n) is 3.46. The lowest BCUT2D eigenvalue weighted by Gasteiger charge is -1.95. The highest BCUT2D eigenvalue weighted by Crippen LogP contribution is 2.28. The number of benzene rings is 2. The highest BCUT2D eigenvalue weighted by molar-refractivity contribution is 9.10. The van der Waals surface area contributed by atoms with Gasteiger partial charge in [-0.3, -0.25) is 4.79 Å². The number of carboxylic acid groups (broad SMARTS) is 1. The van der Waals surface area contributed by atoms with Crippen LogP contribution < -0.4 is 16.2 Å². The van der Waals surface area contributed by atoms with Crippen LogP contribution in [-0.4, -0.2) is 53.2 Å². The number of ether oxygens (including phenoxy) is 2. The normalized spacial score (nSPS) is 13.7. The largest absolute Gasteiger partial charge is 0.481 e. The number of nitrogen functional groups attached to an aromatic ring is 1. The van der Waals surface area contributed by atoms with Gasteiger partial charge in [-0.05, 0) is 54.3 Å². The molecule has 216 valence electrons. The number of nitrogens with zero attached hydrogens (tertiary/aromatic N) is 1. The Hall–Kier alpha value is -3.29. The Labute approximate surface area is 258 Å². The molecule has 1 aliphatic heterocycles. The topological polar surface area (TPSA) is 154 Å². The van der Waals surface area contributed by atoms with Gasteiger partial charge in [-0.1, -0.05) is 44.0 Å². The standard InChI is InChI=1S/C10H8BrNO.C9H5BrO2S.C6H8N2O.C4H9NO/c1-6(13)9-4-7-2-3-8(11)5-10(7)12-9;10-6-2-1-5-3-8(9(11)12)13-7(5)4-6;1-9-6-3-2-5(7)4-8-6;5-4-1-2-6-3-4/h2-5,12H,1H3;1-4H,(H,11,12);2-4H,7H2,1H3;4H,1-3,5H2. The first kappa shape index (κ1) is 32.2. The SMILES string of the molecule is CC(=O)c1cc2ccc(Br)cc2[nH]1.COc1ccc(N)cn1.NC1CCOC1.O=C(O)c1cc2ccc(Br)cc2s1. The Morgan fingerprint density at radius 2 is 1.78 bits per heavy atom. The van der Waals surface area contributed by atoms with Crippen LogP contribution in [0.5, 0.6) is 5.88 Å². The number of aromatic amines is 1. The summed E-state index contributed by atoms with van der Waals surface area (Å²) in [7, 11) is 1.57. The van der Waals surface area contributed by atoms with Crippen LogP contribution in [-0.2, 0) is 4.74 Å². The average Bonchev–Trinajstić information content (AvgIpc) is 3.69. The van der Waals surface area contributed by atoms with Gasteiger partial charge in [0, 0.05) is 50.2 Å². The van der Waals surface area contributed by atoms with E-state index in [0.29, 0.717) is 28.2 Å². The van der Waals surface area contributed by atoms with Crippen molar-refractivity contribution in [2.45, 2.75) is 19.4 Å². The fourth-order valence-corrected chi connectivity index (χ4v) is 5.28. The number of nitrogens with one attached hydrogen (secondary N) is 1. The zero-order valence-electron chi connectivity index (χ0n) is 22.4. The average molecular weight is 706 g/mol. The molecule has 0 amide bonds. The number of methoxy groups -OCH3 is 1. The van der Waals surface area contributed by atoms with Gasteiger partial charge in [0.05, 0.1) is 31.3 Å². The lowest BCUT2D eigenvalue weighted by molar-refractivity contribution is 0.0702. The lowest BCUT2D eigenvalue weighted by Crippen LogP contribution is -2.18. The molecule has 6 N–H and O–H groups in total. The number of aromatic carboxylic acids is 1. The maximum atomic E-state index is 11.1. The number of anilines is 1. The first-order valence-corrected chi connectivity index (χ1v) is 14.8. The van der Waals surface area contributed by atoms with E-state index in [2.05, 4.69) is 41.8 Å². The molecule has 1 atom stereocenters. The summed E-state index contributed by atoms with van der Waals surface area (Å²) in [6, 6.07) is 19.0. The van der Waals surface area contributed by atoms with Crippen molar-refractivity contribution in [3.05, 3.63) is 86.4 Å². The number of pyridine rings is 1. The number of carboxylic acids is 1. The molecular weight excluding hydrogens is 676 g/mol. The van der Waals surface area contributed by atoms with Crippen LogP contribution in [0.4, 0.5) is 5.69 Å². The van der Waals surface area contributed by atoms with E-state index in [9.17, 15) is 9.59 Å². The molecule has 0 radical (unpaired) electrons. The number of H-pyrrole nitrogens is 1. The molecule has 12 heteroatoms. The Kier molecular flexibility index (Phi) is 12.3. The fraction of sp³-hybridized carbons (Fsp3) is 0.207. The first-order valence-electron chi connectivity index (χ1n) is 12.4. The van der Waals surface area contributed by atoms with E-state index in [4.69, 9.17) is 26.0 Å². The number of carbonyl (C=O) groups is 2. The van der Waals surface area contributed by atoms with Gasteiger partial charge in [0.25, 0.3) is 0 Å². The molecule has 1 aliphatic rings. The quantitative estimate of drug-likeness (QED) is 0.148. The summed E-state index contributed by atoms with van der Waals surface area (Å²) in [5, 5.41) is 10.8. The smallest absolute Gasteiger partial charge is 0.345 e. The van der Waals surface area contributed by atoms with E-state index in [0.717, 1.165) is 49.6 Å². The number of ketones is 1. The van der Waals surface area contributed by atoms with Crippen molar-refractivity contribution in [3.8, 4) is 5.88 Å². The number of thiophene rings is 1. The Morgan fingerprint density at radius 1 is 1.07 bits per heavy atom. The minimum Gasteiger partial charge on any atom is -0.481 e. The van der Waals surface area contributed by atoms with Crippen molar-refractivity contribution in [3.63, 3.8) is 0 Å². The molecule has 0 spiro atoms. The number of aromatic nitrogens is 2. The molecular formula is C29H30Br2N4O5S. The lowest BCUT2D eigenvalue weighted by atomic mass is 10.2. The van der Waals surface area contributed by atoms with E-state index in [-0.39, 0.29) is 5.78 Å². The molecule has 0 saturated carbocycles. The van der Waals surface area contributed by atoms with Crippen LogP contribution in [0.25, 0.3) is 21.0 Å². The zero-order valence-corrected chi connectivity index (χ0v) is 26.4. The predicted molar refractivity (Wildman–Crippen MR) is 171 cm³/mol. The van der Waals surface area contributed by atoms with Crippen LogP contribution in [0, 0.1) is 0 Å². The summed E-state index contributed by atoms with van der Waals surface area (Å²) in [4.78, 5) is 29.0. The van der Waals surface area contributed by atoms with Gasteiger partial charge in [-0.15, -0.1) is 11.3 Å². The number of halogens is 2. The van der Waals surface area contributed by atoms with Crippen LogP contribution in [0.1, 0.15) is 33.5 Å². The third kappa shape index (κ3) is 10.2. The van der Waals surface area contributed by atoms with Crippen LogP contribution in [0.3, 0.4) is 0 Å². The summed E-state index contributed by atoms with van der Waals surface area (Å²) in [6.45, 7) is 3.18. The second-order valence-corrected chi connectivity index (χ2v) is 11.7. The summed E-state index contributed by atoms with van der Waals surface area (Å²) < 4.78 is 12.7. The van der Waals surface area contributed by atoms with Gasteiger partial charge >= 0.3 is 5.97 Å². The van der Waals surface area contributed by atoms with Crippen molar-refractivity contribution in [1.29, 1.82) is 0 Å². The maximum Gasteiger partial charge on any atom is 0.345 e. The van der Waals surface area contributed by atoms with E-state index < -0.39 is 5.97 Å².